The number of ether oxygens (including phenoxy) is 2. The second-order valence-electron chi connectivity index (χ2n) is 6.42. The minimum Gasteiger partial charge on any atom is -0.497 e. The fourth-order valence-electron chi connectivity index (χ4n) is 2.85. The largest absolute Gasteiger partial charge is 0.497 e. The van der Waals surface area contributed by atoms with Gasteiger partial charge in [-0.2, -0.15) is 0 Å². The molecule has 3 aromatic rings. The lowest BCUT2D eigenvalue weighted by Crippen LogP contribution is -2.09. The average Bonchev–Trinajstić information content (AvgIpc) is 2.72. The number of aromatic nitrogens is 2. The smallest absolute Gasteiger partial charge is 0.132 e. The Kier molecular flexibility index (Phi) is 6.68. The van der Waals surface area contributed by atoms with Gasteiger partial charge in [-0.3, -0.25) is 0 Å². The molecule has 0 bridgehead atoms. The monoisotopic (exact) mass is 378 g/mol. The van der Waals surface area contributed by atoms with Crippen molar-refractivity contribution < 1.29 is 9.47 Å². The van der Waals surface area contributed by atoms with Gasteiger partial charge < -0.3 is 20.1 Å². The van der Waals surface area contributed by atoms with Crippen LogP contribution in [0.2, 0.25) is 0 Å². The third-order valence-electron chi connectivity index (χ3n) is 4.32. The van der Waals surface area contributed by atoms with Crippen LogP contribution in [0.1, 0.15) is 17.0 Å². The quantitative estimate of drug-likeness (QED) is 0.585. The Hall–Kier alpha value is -3.28. The van der Waals surface area contributed by atoms with Crippen LogP contribution in [0, 0.1) is 6.92 Å². The van der Waals surface area contributed by atoms with Gasteiger partial charge in [0.2, 0.25) is 0 Å². The lowest BCUT2D eigenvalue weighted by atomic mass is 10.1. The SMILES string of the molecule is COc1ccc(CNc2cc(NCCc3cccc(OC)c3)nc(C)n2)cc1. The van der Waals surface area contributed by atoms with E-state index in [1.807, 2.05) is 49.4 Å². The Morgan fingerprint density at radius 2 is 1.50 bits per heavy atom. The third kappa shape index (κ3) is 5.61. The fourth-order valence-corrected chi connectivity index (χ4v) is 2.85. The van der Waals surface area contributed by atoms with Crippen molar-refractivity contribution in [3.05, 3.63) is 71.5 Å². The number of methoxy groups -OCH3 is 2. The summed E-state index contributed by atoms with van der Waals surface area (Å²) in [5.74, 6) is 4.06. The van der Waals surface area contributed by atoms with Gasteiger partial charge >= 0.3 is 0 Å². The van der Waals surface area contributed by atoms with Crippen LogP contribution in [0.15, 0.2) is 54.6 Å². The van der Waals surface area contributed by atoms with E-state index >= 15 is 0 Å². The van der Waals surface area contributed by atoms with E-state index in [9.17, 15) is 0 Å². The first kappa shape index (κ1) is 19.5. The van der Waals surface area contributed by atoms with Gasteiger partial charge in [-0.05, 0) is 48.7 Å². The molecule has 0 aliphatic carbocycles. The highest BCUT2D eigenvalue weighted by Crippen LogP contribution is 2.16. The number of nitrogens with zero attached hydrogens (tertiary/aromatic N) is 2. The molecule has 146 valence electrons. The van der Waals surface area contributed by atoms with Crippen LogP contribution in [0.4, 0.5) is 11.6 Å². The number of hydrogen-bond donors (Lipinski definition) is 2. The van der Waals surface area contributed by atoms with Crippen LogP contribution < -0.4 is 20.1 Å². The molecule has 0 unspecified atom stereocenters. The Labute approximate surface area is 166 Å². The maximum absolute atomic E-state index is 5.27. The van der Waals surface area contributed by atoms with Gasteiger partial charge in [-0.1, -0.05) is 24.3 Å². The lowest BCUT2D eigenvalue weighted by Gasteiger charge is -2.11. The van der Waals surface area contributed by atoms with Crippen LogP contribution in [0.5, 0.6) is 11.5 Å². The van der Waals surface area contributed by atoms with Crippen molar-refractivity contribution in [1.29, 1.82) is 0 Å². The summed E-state index contributed by atoms with van der Waals surface area (Å²) in [5, 5.41) is 6.73. The van der Waals surface area contributed by atoms with Crippen molar-refractivity contribution >= 4 is 11.6 Å². The van der Waals surface area contributed by atoms with E-state index in [1.54, 1.807) is 14.2 Å². The molecule has 0 spiro atoms. The number of rotatable bonds is 9. The molecule has 2 N–H and O–H groups in total. The Morgan fingerprint density at radius 1 is 0.786 bits per heavy atom. The zero-order chi connectivity index (χ0) is 19.8. The summed E-state index contributed by atoms with van der Waals surface area (Å²) < 4.78 is 10.5. The van der Waals surface area contributed by atoms with Gasteiger partial charge in [-0.15, -0.1) is 0 Å². The molecule has 0 aliphatic heterocycles. The Morgan fingerprint density at radius 3 is 2.21 bits per heavy atom. The molecule has 0 aliphatic rings. The molecular formula is C22H26N4O2. The highest BCUT2D eigenvalue weighted by molar-refractivity contribution is 5.48. The topological polar surface area (TPSA) is 68.3 Å². The van der Waals surface area contributed by atoms with E-state index in [-0.39, 0.29) is 0 Å². The van der Waals surface area contributed by atoms with Crippen LogP contribution in [-0.2, 0) is 13.0 Å². The van der Waals surface area contributed by atoms with Crippen molar-refractivity contribution in [2.24, 2.45) is 0 Å². The predicted molar refractivity (Wildman–Crippen MR) is 112 cm³/mol. The summed E-state index contributed by atoms with van der Waals surface area (Å²) >= 11 is 0. The molecule has 0 amide bonds. The second kappa shape index (κ2) is 9.60. The van der Waals surface area contributed by atoms with Gasteiger partial charge in [0.05, 0.1) is 14.2 Å². The zero-order valence-electron chi connectivity index (χ0n) is 16.5. The molecule has 6 heteroatoms. The summed E-state index contributed by atoms with van der Waals surface area (Å²) in [6.07, 6.45) is 0.884. The van der Waals surface area contributed by atoms with Crippen molar-refractivity contribution in [2.75, 3.05) is 31.4 Å². The van der Waals surface area contributed by atoms with E-state index in [1.165, 1.54) is 5.56 Å². The number of hydrogen-bond acceptors (Lipinski definition) is 6. The number of nitrogens with one attached hydrogen (secondary N) is 2. The molecule has 1 aromatic heterocycles. The minimum absolute atomic E-state index is 0.684. The van der Waals surface area contributed by atoms with Gasteiger partial charge in [0.25, 0.3) is 0 Å². The molecule has 0 saturated heterocycles. The van der Waals surface area contributed by atoms with Crippen LogP contribution in [0.3, 0.4) is 0 Å². The zero-order valence-corrected chi connectivity index (χ0v) is 16.5. The van der Waals surface area contributed by atoms with Gasteiger partial charge in [-0.25, -0.2) is 9.97 Å². The maximum atomic E-state index is 5.27. The molecule has 0 radical (unpaired) electrons. The first-order chi connectivity index (χ1) is 13.7. The van der Waals surface area contributed by atoms with Gasteiger partial charge in [0.15, 0.2) is 0 Å². The normalized spacial score (nSPS) is 10.4. The maximum Gasteiger partial charge on any atom is 0.132 e. The second-order valence-corrected chi connectivity index (χ2v) is 6.42. The average molecular weight is 378 g/mol. The molecule has 0 fully saturated rings. The highest BCUT2D eigenvalue weighted by atomic mass is 16.5. The summed E-state index contributed by atoms with van der Waals surface area (Å²) in [6.45, 7) is 3.36. The Balaban J connectivity index is 1.56. The molecule has 3 rings (SSSR count). The summed E-state index contributed by atoms with van der Waals surface area (Å²) in [5.41, 5.74) is 2.38. The fraction of sp³-hybridized carbons (Fsp3) is 0.273. The predicted octanol–water partition coefficient (Wildman–Crippen LogP) is 4.07. The number of anilines is 2. The summed E-state index contributed by atoms with van der Waals surface area (Å²) in [4.78, 5) is 8.94. The lowest BCUT2D eigenvalue weighted by molar-refractivity contribution is 0.414. The van der Waals surface area contributed by atoms with Crippen LogP contribution >= 0.6 is 0 Å². The summed E-state index contributed by atoms with van der Waals surface area (Å²) in [6, 6.07) is 18.0. The van der Waals surface area contributed by atoms with E-state index in [0.717, 1.165) is 47.5 Å². The van der Waals surface area contributed by atoms with Crippen molar-refractivity contribution in [3.8, 4) is 11.5 Å². The molecule has 28 heavy (non-hydrogen) atoms. The van der Waals surface area contributed by atoms with Gasteiger partial charge in [0.1, 0.15) is 29.0 Å². The molecule has 0 atom stereocenters. The first-order valence-corrected chi connectivity index (χ1v) is 9.25. The Bertz CT molecular complexity index is 897. The van der Waals surface area contributed by atoms with Crippen LogP contribution in [0.25, 0.3) is 0 Å². The number of aryl methyl sites for hydroxylation is 1. The molecule has 1 heterocycles. The van der Waals surface area contributed by atoms with E-state index in [0.29, 0.717) is 6.54 Å². The van der Waals surface area contributed by atoms with Crippen molar-refractivity contribution in [2.45, 2.75) is 19.9 Å². The molecule has 2 aromatic carbocycles. The van der Waals surface area contributed by atoms with E-state index in [4.69, 9.17) is 9.47 Å². The third-order valence-corrected chi connectivity index (χ3v) is 4.32. The van der Waals surface area contributed by atoms with E-state index in [2.05, 4.69) is 32.7 Å². The van der Waals surface area contributed by atoms with Crippen molar-refractivity contribution in [3.63, 3.8) is 0 Å². The molecular weight excluding hydrogens is 352 g/mol. The number of benzene rings is 2. The highest BCUT2D eigenvalue weighted by Gasteiger charge is 2.03. The first-order valence-electron chi connectivity index (χ1n) is 9.25. The standard InChI is InChI=1S/C22H26N4O2/c1-16-25-21(23-12-11-17-5-4-6-20(13-17)28-3)14-22(26-16)24-15-18-7-9-19(27-2)10-8-18/h4-10,13-14H,11-12,15H2,1-3H3,(H2,23,24,25,26). The van der Waals surface area contributed by atoms with E-state index < -0.39 is 0 Å². The molecule has 0 saturated carbocycles. The van der Waals surface area contributed by atoms with Crippen molar-refractivity contribution in [1.82, 2.24) is 9.97 Å². The van der Waals surface area contributed by atoms with Gasteiger partial charge in [0, 0.05) is 19.2 Å². The summed E-state index contributed by atoms with van der Waals surface area (Å²) in [7, 11) is 3.35. The molecule has 6 nitrogen and oxygen atoms in total. The minimum atomic E-state index is 0.684. The van der Waals surface area contributed by atoms with Crippen LogP contribution in [-0.4, -0.2) is 30.7 Å².